The first-order chi connectivity index (χ1) is 11.3. The zero-order valence-corrected chi connectivity index (χ0v) is 15.0. The van der Waals surface area contributed by atoms with E-state index in [-0.39, 0.29) is 29.0 Å². The summed E-state index contributed by atoms with van der Waals surface area (Å²) in [6.07, 6.45) is 1.87. The Bertz CT molecular complexity index is 648. The summed E-state index contributed by atoms with van der Waals surface area (Å²) < 4.78 is 5.22. The van der Waals surface area contributed by atoms with Gasteiger partial charge in [0.2, 0.25) is 5.91 Å². The molecule has 1 aromatic heterocycles. The quantitative estimate of drug-likeness (QED) is 0.759. The van der Waals surface area contributed by atoms with Gasteiger partial charge in [0, 0.05) is 0 Å². The number of hydrogen-bond donors (Lipinski definition) is 2. The van der Waals surface area contributed by atoms with Gasteiger partial charge in [0.15, 0.2) is 0 Å². The largest absolute Gasteiger partial charge is 0.459 e. The number of hydrogen-bond acceptors (Lipinski definition) is 6. The zero-order chi connectivity index (χ0) is 17.9. The number of rotatable bonds is 6. The fraction of sp³-hybridized carbons (Fsp3) is 0.562. The molecule has 0 atom stereocenters. The highest BCUT2D eigenvalue weighted by Crippen LogP contribution is 2.33. The first-order valence-electron chi connectivity index (χ1n) is 7.96. The minimum atomic E-state index is -0.629. The highest BCUT2D eigenvalue weighted by atomic mass is 32.1. The van der Waals surface area contributed by atoms with Crippen molar-refractivity contribution in [2.75, 3.05) is 25.0 Å². The van der Waals surface area contributed by atoms with Crippen molar-refractivity contribution >= 4 is 34.1 Å². The smallest absolute Gasteiger partial charge is 0.341 e. The first-order valence-corrected chi connectivity index (χ1v) is 8.77. The van der Waals surface area contributed by atoms with Crippen LogP contribution >= 0.6 is 11.3 Å². The molecule has 1 aliphatic rings. The number of likely N-dealkylation sites (tertiary alicyclic amines) is 1. The lowest BCUT2D eigenvalue weighted by atomic mass is 10.1. The Morgan fingerprint density at radius 1 is 1.29 bits per heavy atom. The fourth-order valence-electron chi connectivity index (χ4n) is 2.67. The Kier molecular flexibility index (Phi) is 5.95. The van der Waals surface area contributed by atoms with Crippen molar-refractivity contribution in [1.82, 2.24) is 4.90 Å². The number of ether oxygens (including phenoxy) is 1. The van der Waals surface area contributed by atoms with E-state index >= 15 is 0 Å². The van der Waals surface area contributed by atoms with Crippen LogP contribution in [0.25, 0.3) is 0 Å². The summed E-state index contributed by atoms with van der Waals surface area (Å²) in [5, 5.41) is 3.05. The molecule has 1 saturated heterocycles. The van der Waals surface area contributed by atoms with E-state index in [0.717, 1.165) is 37.3 Å². The SMILES string of the molecule is Cc1c(C(N)=O)sc(NC(=O)CN2CCCC2)c1C(=O)OC(C)C. The first kappa shape index (κ1) is 18.4. The second-order valence-corrected chi connectivity index (χ2v) is 7.13. The van der Waals surface area contributed by atoms with E-state index in [0.29, 0.717) is 10.6 Å². The van der Waals surface area contributed by atoms with Gasteiger partial charge in [-0.1, -0.05) is 0 Å². The maximum absolute atomic E-state index is 12.3. The molecule has 8 heteroatoms. The molecule has 0 spiro atoms. The van der Waals surface area contributed by atoms with Crippen molar-refractivity contribution in [3.8, 4) is 0 Å². The Hall–Kier alpha value is -1.93. The molecule has 2 heterocycles. The van der Waals surface area contributed by atoms with Gasteiger partial charge in [0.05, 0.1) is 23.1 Å². The maximum Gasteiger partial charge on any atom is 0.341 e. The molecule has 1 aromatic rings. The number of carbonyl (C=O) groups is 3. The number of esters is 1. The number of anilines is 1. The second kappa shape index (κ2) is 7.76. The molecule has 0 aromatic carbocycles. The Labute approximate surface area is 145 Å². The lowest BCUT2D eigenvalue weighted by molar-refractivity contribution is -0.117. The lowest BCUT2D eigenvalue weighted by Crippen LogP contribution is -2.31. The summed E-state index contributed by atoms with van der Waals surface area (Å²) in [4.78, 5) is 38.4. The van der Waals surface area contributed by atoms with Crippen LogP contribution in [0.2, 0.25) is 0 Å². The van der Waals surface area contributed by atoms with Crippen LogP contribution in [-0.2, 0) is 9.53 Å². The van der Waals surface area contributed by atoms with Crippen LogP contribution in [-0.4, -0.2) is 48.4 Å². The van der Waals surface area contributed by atoms with Crippen molar-refractivity contribution in [2.24, 2.45) is 5.73 Å². The van der Waals surface area contributed by atoms with E-state index in [9.17, 15) is 14.4 Å². The lowest BCUT2D eigenvalue weighted by Gasteiger charge is -2.14. The second-order valence-electron chi connectivity index (χ2n) is 6.11. The number of nitrogens with one attached hydrogen (secondary N) is 1. The minimum absolute atomic E-state index is 0.206. The van der Waals surface area contributed by atoms with Gasteiger partial charge in [-0.25, -0.2) is 4.79 Å². The van der Waals surface area contributed by atoms with Crippen molar-refractivity contribution in [3.63, 3.8) is 0 Å². The Balaban J connectivity index is 2.23. The molecular formula is C16H23N3O4S. The molecule has 2 rings (SSSR count). The van der Waals surface area contributed by atoms with Crippen molar-refractivity contribution < 1.29 is 19.1 Å². The third-order valence-corrected chi connectivity index (χ3v) is 4.96. The molecule has 132 valence electrons. The van der Waals surface area contributed by atoms with Crippen LogP contribution in [0.15, 0.2) is 0 Å². The van der Waals surface area contributed by atoms with Crippen LogP contribution in [0.3, 0.4) is 0 Å². The maximum atomic E-state index is 12.3. The molecule has 0 aliphatic carbocycles. The minimum Gasteiger partial charge on any atom is -0.459 e. The van der Waals surface area contributed by atoms with Crippen molar-refractivity contribution in [2.45, 2.75) is 39.7 Å². The zero-order valence-electron chi connectivity index (χ0n) is 14.2. The number of nitrogens with zero attached hydrogens (tertiary/aromatic N) is 1. The van der Waals surface area contributed by atoms with E-state index in [4.69, 9.17) is 10.5 Å². The molecule has 1 fully saturated rings. The molecule has 3 N–H and O–H groups in total. The molecule has 1 aliphatic heterocycles. The summed E-state index contributed by atoms with van der Waals surface area (Å²) in [5.41, 5.74) is 6.00. The van der Waals surface area contributed by atoms with E-state index in [1.807, 2.05) is 0 Å². The number of nitrogens with two attached hydrogens (primary N) is 1. The van der Waals surface area contributed by atoms with Gasteiger partial charge in [0.25, 0.3) is 5.91 Å². The van der Waals surface area contributed by atoms with Gasteiger partial charge in [-0.2, -0.15) is 0 Å². The third-order valence-electron chi connectivity index (χ3n) is 3.74. The summed E-state index contributed by atoms with van der Waals surface area (Å²) in [6, 6.07) is 0. The predicted molar refractivity (Wildman–Crippen MR) is 92.4 cm³/mol. The number of thiophene rings is 1. The average Bonchev–Trinajstić information content (AvgIpc) is 3.06. The van der Waals surface area contributed by atoms with Crippen molar-refractivity contribution in [3.05, 3.63) is 16.0 Å². The van der Waals surface area contributed by atoms with E-state index in [2.05, 4.69) is 10.2 Å². The fourth-order valence-corrected chi connectivity index (χ4v) is 3.73. The van der Waals surface area contributed by atoms with E-state index in [1.54, 1.807) is 20.8 Å². The summed E-state index contributed by atoms with van der Waals surface area (Å²) >= 11 is 1.01. The number of carbonyl (C=O) groups excluding carboxylic acids is 3. The van der Waals surface area contributed by atoms with Crippen LogP contribution in [0.1, 0.15) is 52.3 Å². The Morgan fingerprint density at radius 2 is 1.92 bits per heavy atom. The van der Waals surface area contributed by atoms with Gasteiger partial charge in [0.1, 0.15) is 5.00 Å². The van der Waals surface area contributed by atoms with E-state index in [1.165, 1.54) is 0 Å². The normalized spacial score (nSPS) is 14.8. The van der Waals surface area contributed by atoms with Gasteiger partial charge < -0.3 is 15.8 Å². The monoisotopic (exact) mass is 353 g/mol. The summed E-state index contributed by atoms with van der Waals surface area (Å²) in [7, 11) is 0. The molecule has 0 saturated carbocycles. The van der Waals surface area contributed by atoms with Crippen LogP contribution < -0.4 is 11.1 Å². The molecule has 2 amide bonds. The van der Waals surface area contributed by atoms with Crippen molar-refractivity contribution in [1.29, 1.82) is 0 Å². The Morgan fingerprint density at radius 3 is 2.46 bits per heavy atom. The summed E-state index contributed by atoms with van der Waals surface area (Å²) in [5.74, 6) is -1.41. The molecule has 0 radical (unpaired) electrons. The van der Waals surface area contributed by atoms with Gasteiger partial charge in [-0.3, -0.25) is 14.5 Å². The summed E-state index contributed by atoms with van der Waals surface area (Å²) in [6.45, 7) is 7.16. The van der Waals surface area contributed by atoms with Crippen LogP contribution in [0.4, 0.5) is 5.00 Å². The molecule has 24 heavy (non-hydrogen) atoms. The molecule has 0 bridgehead atoms. The number of primary amides is 1. The molecular weight excluding hydrogens is 330 g/mol. The standard InChI is InChI=1S/C16H23N3O4S/c1-9(2)23-16(22)12-10(3)13(14(17)21)24-15(12)18-11(20)8-19-6-4-5-7-19/h9H,4-8H2,1-3H3,(H2,17,21)(H,18,20). The predicted octanol–water partition coefficient (Wildman–Crippen LogP) is 1.75. The van der Waals surface area contributed by atoms with Gasteiger partial charge in [-0.15, -0.1) is 11.3 Å². The molecule has 0 unspecified atom stereocenters. The van der Waals surface area contributed by atoms with Crippen LogP contribution in [0.5, 0.6) is 0 Å². The van der Waals surface area contributed by atoms with E-state index < -0.39 is 11.9 Å². The highest BCUT2D eigenvalue weighted by Gasteiger charge is 2.27. The van der Waals surface area contributed by atoms with Gasteiger partial charge >= 0.3 is 5.97 Å². The topological polar surface area (TPSA) is 102 Å². The van der Waals surface area contributed by atoms with Gasteiger partial charge in [-0.05, 0) is 52.3 Å². The highest BCUT2D eigenvalue weighted by molar-refractivity contribution is 7.18. The average molecular weight is 353 g/mol. The number of amides is 2. The third kappa shape index (κ3) is 4.33. The molecule has 7 nitrogen and oxygen atoms in total. The van der Waals surface area contributed by atoms with Crippen LogP contribution in [0, 0.1) is 6.92 Å².